The number of carbonyl (C=O) groups excluding carboxylic acids is 1. The molecule has 150 valence electrons. The lowest BCUT2D eigenvalue weighted by Gasteiger charge is -2.15. The topological polar surface area (TPSA) is 107 Å². The molecule has 0 bridgehead atoms. The Hall–Kier alpha value is -2.94. The summed E-state index contributed by atoms with van der Waals surface area (Å²) in [6, 6.07) is 9.72. The number of thioether (sulfide) groups is 1. The van der Waals surface area contributed by atoms with Crippen molar-refractivity contribution in [2.24, 2.45) is 0 Å². The number of hydrogen-bond donors (Lipinski definition) is 2. The Morgan fingerprint density at radius 3 is 2.57 bits per heavy atom. The van der Waals surface area contributed by atoms with Gasteiger partial charge < -0.3 is 24.6 Å². The lowest BCUT2D eigenvalue weighted by Crippen LogP contribution is -2.42. The fourth-order valence-electron chi connectivity index (χ4n) is 2.31. The van der Waals surface area contributed by atoms with Crippen molar-refractivity contribution in [1.82, 2.24) is 10.3 Å². The van der Waals surface area contributed by atoms with Crippen molar-refractivity contribution in [2.75, 3.05) is 20.0 Å². The van der Waals surface area contributed by atoms with E-state index in [1.54, 1.807) is 12.3 Å². The molecule has 9 heteroatoms. The number of pyridine rings is 1. The molecule has 8 nitrogen and oxygen atoms in total. The molecule has 0 aliphatic carbocycles. The molecule has 0 fully saturated rings. The van der Waals surface area contributed by atoms with Crippen molar-refractivity contribution in [2.45, 2.75) is 18.4 Å². The molecule has 1 aromatic heterocycles. The largest absolute Gasteiger partial charge is 0.493 e. The van der Waals surface area contributed by atoms with Gasteiger partial charge in [0.15, 0.2) is 11.5 Å². The van der Waals surface area contributed by atoms with E-state index in [-0.39, 0.29) is 12.4 Å². The van der Waals surface area contributed by atoms with E-state index in [0.717, 1.165) is 5.56 Å². The Labute approximate surface area is 167 Å². The summed E-state index contributed by atoms with van der Waals surface area (Å²) >= 11 is 1.30. The van der Waals surface area contributed by atoms with Gasteiger partial charge in [0.25, 0.3) is 0 Å². The van der Waals surface area contributed by atoms with Crippen molar-refractivity contribution in [1.29, 1.82) is 0 Å². The Morgan fingerprint density at radius 2 is 1.93 bits per heavy atom. The highest BCUT2D eigenvalue weighted by Gasteiger charge is 2.21. The van der Waals surface area contributed by atoms with E-state index >= 15 is 0 Å². The van der Waals surface area contributed by atoms with Crippen molar-refractivity contribution >= 4 is 23.8 Å². The minimum atomic E-state index is -1.14. The van der Waals surface area contributed by atoms with Crippen LogP contribution in [-0.2, 0) is 21.9 Å². The summed E-state index contributed by atoms with van der Waals surface area (Å²) in [5.74, 6) is 0.433. The molecule has 1 unspecified atom stereocenters. The van der Waals surface area contributed by atoms with Crippen molar-refractivity contribution in [3.8, 4) is 11.5 Å². The molecule has 1 amide bonds. The molecule has 0 radical (unpaired) electrons. The Kier molecular flexibility index (Phi) is 8.41. The zero-order valence-electron chi connectivity index (χ0n) is 15.6. The number of alkyl carbamates (subject to hydrolysis) is 1. The SMILES string of the molecule is COc1ccnc(CSCC(NC(=O)OCc2ccccc2)C(=O)O)c1OC. The van der Waals surface area contributed by atoms with Crippen LogP contribution in [-0.4, -0.2) is 48.2 Å². The van der Waals surface area contributed by atoms with Gasteiger partial charge in [0.2, 0.25) is 0 Å². The van der Waals surface area contributed by atoms with Crippen LogP contribution in [0.2, 0.25) is 0 Å². The van der Waals surface area contributed by atoms with Crippen LogP contribution in [0.1, 0.15) is 11.3 Å². The van der Waals surface area contributed by atoms with Crippen molar-refractivity contribution in [3.05, 3.63) is 53.9 Å². The first kappa shape index (κ1) is 21.4. The van der Waals surface area contributed by atoms with E-state index < -0.39 is 18.1 Å². The number of ether oxygens (including phenoxy) is 3. The second-order valence-electron chi connectivity index (χ2n) is 5.61. The molecule has 0 aliphatic rings. The van der Waals surface area contributed by atoms with Crippen LogP contribution in [0, 0.1) is 0 Å². The third-order valence-corrected chi connectivity index (χ3v) is 4.74. The highest BCUT2D eigenvalue weighted by molar-refractivity contribution is 7.98. The lowest BCUT2D eigenvalue weighted by molar-refractivity contribution is -0.138. The van der Waals surface area contributed by atoms with Crippen LogP contribution in [0.4, 0.5) is 4.79 Å². The van der Waals surface area contributed by atoms with Crippen LogP contribution < -0.4 is 14.8 Å². The predicted molar refractivity (Wildman–Crippen MR) is 105 cm³/mol. The Balaban J connectivity index is 1.86. The van der Waals surface area contributed by atoms with Crippen LogP contribution in [0.25, 0.3) is 0 Å². The quantitative estimate of drug-likeness (QED) is 0.620. The van der Waals surface area contributed by atoms with Crippen LogP contribution >= 0.6 is 11.8 Å². The number of rotatable bonds is 10. The monoisotopic (exact) mass is 406 g/mol. The van der Waals surface area contributed by atoms with Gasteiger partial charge in [-0.2, -0.15) is 11.8 Å². The van der Waals surface area contributed by atoms with Gasteiger partial charge in [-0.05, 0) is 5.56 Å². The number of methoxy groups -OCH3 is 2. The maximum Gasteiger partial charge on any atom is 0.408 e. The number of aromatic nitrogens is 1. The number of aliphatic carboxylic acids is 1. The smallest absolute Gasteiger partial charge is 0.408 e. The minimum Gasteiger partial charge on any atom is -0.493 e. The van der Waals surface area contributed by atoms with Gasteiger partial charge in [-0.15, -0.1) is 0 Å². The third kappa shape index (κ3) is 6.34. The second-order valence-corrected chi connectivity index (χ2v) is 6.64. The average Bonchev–Trinajstić information content (AvgIpc) is 2.71. The first-order chi connectivity index (χ1) is 13.5. The van der Waals surface area contributed by atoms with Gasteiger partial charge in [0.05, 0.1) is 19.9 Å². The van der Waals surface area contributed by atoms with Crippen LogP contribution in [0.3, 0.4) is 0 Å². The first-order valence-electron chi connectivity index (χ1n) is 8.38. The molecular formula is C19H22N2O6S. The fraction of sp³-hybridized carbons (Fsp3) is 0.316. The molecular weight excluding hydrogens is 384 g/mol. The summed E-state index contributed by atoms with van der Waals surface area (Å²) in [7, 11) is 3.04. The number of amides is 1. The van der Waals surface area contributed by atoms with Gasteiger partial charge in [-0.3, -0.25) is 4.98 Å². The molecule has 28 heavy (non-hydrogen) atoms. The zero-order valence-corrected chi connectivity index (χ0v) is 16.4. The predicted octanol–water partition coefficient (Wildman–Crippen LogP) is 2.71. The summed E-state index contributed by atoms with van der Waals surface area (Å²) in [5.41, 5.74) is 1.44. The van der Waals surface area contributed by atoms with E-state index in [2.05, 4.69) is 10.3 Å². The molecule has 0 saturated heterocycles. The van der Waals surface area contributed by atoms with E-state index in [0.29, 0.717) is 22.9 Å². The van der Waals surface area contributed by atoms with Gasteiger partial charge in [0, 0.05) is 23.8 Å². The number of carbonyl (C=O) groups is 2. The molecule has 0 saturated carbocycles. The van der Waals surface area contributed by atoms with Gasteiger partial charge in [0.1, 0.15) is 12.6 Å². The fourth-order valence-corrected chi connectivity index (χ4v) is 3.29. The number of carboxylic acids is 1. The molecule has 0 aliphatic heterocycles. The van der Waals surface area contributed by atoms with E-state index in [1.165, 1.54) is 26.0 Å². The highest BCUT2D eigenvalue weighted by atomic mass is 32.2. The Bertz CT molecular complexity index is 787. The van der Waals surface area contributed by atoms with Gasteiger partial charge >= 0.3 is 12.1 Å². The molecule has 2 rings (SSSR count). The minimum absolute atomic E-state index is 0.0666. The highest BCUT2D eigenvalue weighted by Crippen LogP contribution is 2.31. The van der Waals surface area contributed by atoms with Crippen LogP contribution in [0.5, 0.6) is 11.5 Å². The molecule has 2 N–H and O–H groups in total. The summed E-state index contributed by atoms with van der Waals surface area (Å²) in [5, 5.41) is 11.7. The maximum absolute atomic E-state index is 11.9. The zero-order chi connectivity index (χ0) is 20.4. The van der Waals surface area contributed by atoms with Crippen molar-refractivity contribution < 1.29 is 28.9 Å². The normalized spacial score (nSPS) is 11.4. The van der Waals surface area contributed by atoms with E-state index in [1.807, 2.05) is 30.3 Å². The number of hydrogen-bond acceptors (Lipinski definition) is 7. The summed E-state index contributed by atoms with van der Waals surface area (Å²) in [4.78, 5) is 27.6. The number of nitrogens with zero attached hydrogens (tertiary/aromatic N) is 1. The second kappa shape index (κ2) is 11.0. The number of nitrogens with one attached hydrogen (secondary N) is 1. The standard InChI is InChI=1S/C19H22N2O6S/c1-25-16-8-9-20-14(17(16)26-2)11-28-12-15(18(22)23)21-19(24)27-10-13-6-4-3-5-7-13/h3-9,15H,10-12H2,1-2H3,(H,21,24)(H,22,23). The number of carboxylic acid groups (broad SMARTS) is 1. The van der Waals surface area contributed by atoms with Crippen LogP contribution in [0.15, 0.2) is 42.6 Å². The molecule has 0 spiro atoms. The third-order valence-electron chi connectivity index (χ3n) is 3.69. The average molecular weight is 406 g/mol. The van der Waals surface area contributed by atoms with E-state index in [9.17, 15) is 14.7 Å². The summed E-state index contributed by atoms with van der Waals surface area (Å²) < 4.78 is 15.6. The summed E-state index contributed by atoms with van der Waals surface area (Å²) in [6.45, 7) is 0.0666. The van der Waals surface area contributed by atoms with Gasteiger partial charge in [-0.1, -0.05) is 30.3 Å². The summed E-state index contributed by atoms with van der Waals surface area (Å²) in [6.07, 6.45) is 0.805. The Morgan fingerprint density at radius 1 is 1.18 bits per heavy atom. The number of benzene rings is 1. The molecule has 1 heterocycles. The maximum atomic E-state index is 11.9. The van der Waals surface area contributed by atoms with Gasteiger partial charge in [-0.25, -0.2) is 9.59 Å². The molecule has 1 atom stereocenters. The lowest BCUT2D eigenvalue weighted by atomic mass is 10.2. The molecule has 1 aromatic carbocycles. The molecule has 2 aromatic rings. The first-order valence-corrected chi connectivity index (χ1v) is 9.54. The van der Waals surface area contributed by atoms with Crippen molar-refractivity contribution in [3.63, 3.8) is 0 Å². The van der Waals surface area contributed by atoms with E-state index in [4.69, 9.17) is 14.2 Å².